The zero-order valence-electron chi connectivity index (χ0n) is 27.8. The SMILES string of the molecule is CP(C)(=O)c1cccc(-c2cccc(C3=CC4c5cc(C6C=CC(c7ccccc7)=CC6I)ccc5N(C5CCCCC5)C4C=C3)c2)c1. The number of anilines is 1. The molecule has 1 heterocycles. The van der Waals surface area contributed by atoms with Crippen LogP contribution >= 0.6 is 29.7 Å². The van der Waals surface area contributed by atoms with Crippen molar-refractivity contribution in [3.8, 4) is 11.1 Å². The molecule has 48 heavy (non-hydrogen) atoms. The Labute approximate surface area is 299 Å². The first-order valence-electron chi connectivity index (χ1n) is 17.5. The van der Waals surface area contributed by atoms with E-state index in [0.29, 0.717) is 27.8 Å². The van der Waals surface area contributed by atoms with Gasteiger partial charge >= 0.3 is 0 Å². The number of alkyl halides is 1. The van der Waals surface area contributed by atoms with Gasteiger partial charge in [-0.15, -0.1) is 0 Å². The van der Waals surface area contributed by atoms with Gasteiger partial charge in [-0.3, -0.25) is 0 Å². The Kier molecular flexibility index (Phi) is 8.72. The maximum atomic E-state index is 12.8. The minimum absolute atomic E-state index is 0.315. The van der Waals surface area contributed by atoms with E-state index in [0.717, 1.165) is 16.4 Å². The molecule has 0 bridgehead atoms. The summed E-state index contributed by atoms with van der Waals surface area (Å²) in [7, 11) is -2.34. The molecular formula is C44H43INOP. The first-order chi connectivity index (χ1) is 23.3. The molecule has 0 aromatic heterocycles. The average Bonchev–Trinajstić information content (AvgIpc) is 3.45. The van der Waals surface area contributed by atoms with E-state index in [1.807, 2.05) is 25.5 Å². The fourth-order valence-corrected chi connectivity index (χ4v) is 10.2. The van der Waals surface area contributed by atoms with Crippen molar-refractivity contribution in [1.82, 2.24) is 0 Å². The molecule has 2 nitrogen and oxygen atoms in total. The molecule has 0 saturated heterocycles. The zero-order valence-corrected chi connectivity index (χ0v) is 30.9. The highest BCUT2D eigenvalue weighted by Crippen LogP contribution is 2.50. The molecule has 8 rings (SSSR count). The second kappa shape index (κ2) is 13.1. The summed E-state index contributed by atoms with van der Waals surface area (Å²) in [6.45, 7) is 3.70. The highest BCUT2D eigenvalue weighted by Gasteiger charge is 2.41. The largest absolute Gasteiger partial charge is 0.361 e. The van der Waals surface area contributed by atoms with E-state index in [9.17, 15) is 4.57 Å². The lowest BCUT2D eigenvalue weighted by Gasteiger charge is -2.38. The summed E-state index contributed by atoms with van der Waals surface area (Å²) in [5.74, 6) is 0.665. The molecule has 0 spiro atoms. The third-order valence-electron chi connectivity index (χ3n) is 10.8. The standard InChI is InChI=1S/C44H43INOP/c1-48(2,47)38-18-10-15-33(26-38)31-13-9-14-32(25-31)34-20-23-43-40(27-34)41-28-36(21-24-44(41)46(43)37-16-7-4-8-17-37)39-22-19-35(29-42(39)45)30-11-5-3-6-12-30/h3,5-6,9-15,18-29,37,39-40,42-43H,4,7-8,16-17H2,1-2H3. The first-order valence-corrected chi connectivity index (χ1v) is 21.4. The smallest absolute Gasteiger partial charge is 0.109 e. The molecule has 4 heteroatoms. The normalized spacial score (nSPS) is 23.8. The van der Waals surface area contributed by atoms with Crippen molar-refractivity contribution in [1.29, 1.82) is 0 Å². The van der Waals surface area contributed by atoms with Crippen LogP contribution in [0, 0.1) is 0 Å². The lowest BCUT2D eigenvalue weighted by molar-refractivity contribution is 0.403. The molecule has 4 aromatic carbocycles. The van der Waals surface area contributed by atoms with Gasteiger partial charge < -0.3 is 9.46 Å². The third-order valence-corrected chi connectivity index (χ3v) is 13.5. The van der Waals surface area contributed by atoms with Gasteiger partial charge in [0, 0.05) is 32.8 Å². The van der Waals surface area contributed by atoms with Crippen LogP contribution in [-0.4, -0.2) is 29.3 Å². The van der Waals surface area contributed by atoms with Crippen LogP contribution < -0.4 is 10.2 Å². The molecule has 4 aliphatic rings. The molecule has 0 radical (unpaired) electrons. The minimum Gasteiger partial charge on any atom is -0.361 e. The predicted octanol–water partition coefficient (Wildman–Crippen LogP) is 11.4. The maximum absolute atomic E-state index is 12.8. The summed E-state index contributed by atoms with van der Waals surface area (Å²) in [5, 5.41) is 0.930. The van der Waals surface area contributed by atoms with Crippen molar-refractivity contribution in [3.63, 3.8) is 0 Å². The van der Waals surface area contributed by atoms with E-state index >= 15 is 0 Å². The number of nitrogens with zero attached hydrogens (tertiary/aromatic N) is 1. The van der Waals surface area contributed by atoms with Crippen molar-refractivity contribution in [2.45, 2.75) is 59.9 Å². The number of fused-ring (bicyclic) bond motifs is 3. The quantitative estimate of drug-likeness (QED) is 0.111. The summed E-state index contributed by atoms with van der Waals surface area (Å²) >= 11 is 2.64. The van der Waals surface area contributed by atoms with E-state index in [4.69, 9.17) is 0 Å². The summed E-state index contributed by atoms with van der Waals surface area (Å²) < 4.78 is 13.2. The van der Waals surface area contributed by atoms with Crippen molar-refractivity contribution in [3.05, 3.63) is 156 Å². The molecular weight excluding hydrogens is 716 g/mol. The molecule has 1 saturated carbocycles. The van der Waals surface area contributed by atoms with E-state index in [-0.39, 0.29) is 0 Å². The summed E-state index contributed by atoms with van der Waals surface area (Å²) in [4.78, 5) is 2.79. The van der Waals surface area contributed by atoms with Gasteiger partial charge in [-0.25, -0.2) is 0 Å². The Morgan fingerprint density at radius 2 is 1.35 bits per heavy atom. The van der Waals surface area contributed by atoms with E-state index < -0.39 is 7.14 Å². The fourth-order valence-electron chi connectivity index (χ4n) is 8.30. The highest BCUT2D eigenvalue weighted by atomic mass is 127. The third kappa shape index (κ3) is 6.14. The Bertz CT molecular complexity index is 2010. The second-order valence-corrected chi connectivity index (χ2v) is 19.0. The molecule has 0 amide bonds. The van der Waals surface area contributed by atoms with Gasteiger partial charge in [-0.2, -0.15) is 0 Å². The van der Waals surface area contributed by atoms with E-state index in [2.05, 4.69) is 149 Å². The van der Waals surface area contributed by atoms with Gasteiger partial charge in [0.05, 0.1) is 6.04 Å². The van der Waals surface area contributed by atoms with Crippen LogP contribution in [0.3, 0.4) is 0 Å². The molecule has 4 unspecified atom stereocenters. The number of benzene rings is 4. The average molecular weight is 760 g/mol. The zero-order chi connectivity index (χ0) is 32.8. The van der Waals surface area contributed by atoms with Crippen LogP contribution in [0.5, 0.6) is 0 Å². The van der Waals surface area contributed by atoms with Crippen molar-refractivity contribution >= 4 is 51.9 Å². The van der Waals surface area contributed by atoms with Gasteiger partial charge in [-0.1, -0.05) is 157 Å². The number of halogens is 1. The molecule has 1 fully saturated rings. The van der Waals surface area contributed by atoms with Crippen molar-refractivity contribution < 1.29 is 4.57 Å². The van der Waals surface area contributed by atoms with Crippen LogP contribution in [0.15, 0.2) is 134 Å². The number of hydrogen-bond acceptors (Lipinski definition) is 2. The van der Waals surface area contributed by atoms with E-state index in [1.165, 1.54) is 71.2 Å². The van der Waals surface area contributed by atoms with Crippen LogP contribution in [-0.2, 0) is 4.57 Å². The number of hydrogen-bond donors (Lipinski definition) is 0. The molecule has 0 N–H and O–H groups in total. The highest BCUT2D eigenvalue weighted by molar-refractivity contribution is 14.1. The summed E-state index contributed by atoms with van der Waals surface area (Å²) in [5.41, 5.74) is 11.7. The van der Waals surface area contributed by atoms with Crippen LogP contribution in [0.1, 0.15) is 66.2 Å². The molecule has 242 valence electrons. The molecule has 4 aromatic rings. The lowest BCUT2D eigenvalue weighted by atomic mass is 9.83. The summed E-state index contributed by atoms with van der Waals surface area (Å²) in [6.07, 6.45) is 21.2. The molecule has 4 atom stereocenters. The minimum atomic E-state index is -2.34. The maximum Gasteiger partial charge on any atom is 0.109 e. The molecule has 3 aliphatic carbocycles. The lowest BCUT2D eigenvalue weighted by Crippen LogP contribution is -2.42. The van der Waals surface area contributed by atoms with Crippen LogP contribution in [0.4, 0.5) is 5.69 Å². The van der Waals surface area contributed by atoms with Gasteiger partial charge in [0.2, 0.25) is 0 Å². The predicted molar refractivity (Wildman–Crippen MR) is 215 cm³/mol. The van der Waals surface area contributed by atoms with Crippen LogP contribution in [0.2, 0.25) is 0 Å². The van der Waals surface area contributed by atoms with Crippen molar-refractivity contribution in [2.24, 2.45) is 0 Å². The van der Waals surface area contributed by atoms with Gasteiger partial charge in [0.25, 0.3) is 0 Å². The Morgan fingerprint density at radius 3 is 2.12 bits per heavy atom. The van der Waals surface area contributed by atoms with Gasteiger partial charge in [0.15, 0.2) is 0 Å². The number of allylic oxidation sites excluding steroid dienone is 6. The van der Waals surface area contributed by atoms with E-state index in [1.54, 1.807) is 0 Å². The molecule has 1 aliphatic heterocycles. The van der Waals surface area contributed by atoms with Gasteiger partial charge in [-0.05, 0) is 88.9 Å². The Hall–Kier alpha value is -3.40. The monoisotopic (exact) mass is 759 g/mol. The fraction of sp³-hybridized carbons (Fsp3) is 0.273. The van der Waals surface area contributed by atoms with Crippen LogP contribution in [0.25, 0.3) is 22.3 Å². The Balaban J connectivity index is 1.14. The topological polar surface area (TPSA) is 20.3 Å². The number of rotatable bonds is 6. The van der Waals surface area contributed by atoms with Crippen molar-refractivity contribution in [2.75, 3.05) is 18.2 Å². The summed E-state index contributed by atoms with van der Waals surface area (Å²) in [6, 6.07) is 36.2. The Morgan fingerprint density at radius 1 is 0.667 bits per heavy atom. The second-order valence-electron chi connectivity index (χ2n) is 14.3. The van der Waals surface area contributed by atoms with Gasteiger partial charge in [0.1, 0.15) is 7.14 Å². The first kappa shape index (κ1) is 31.8.